The third-order valence-corrected chi connectivity index (χ3v) is 3.06. The molecular formula is C13H13N7S. The van der Waals surface area contributed by atoms with Gasteiger partial charge in [-0.25, -0.2) is 0 Å². The number of anilines is 1. The zero-order chi connectivity index (χ0) is 14.7. The topological polar surface area (TPSA) is 90.5 Å². The minimum Gasteiger partial charge on any atom is -0.358 e. The van der Waals surface area contributed by atoms with E-state index in [0.717, 1.165) is 16.4 Å². The number of nitrogens with zero attached hydrogens (tertiary/aromatic N) is 3. The number of rotatable bonds is 4. The van der Waals surface area contributed by atoms with E-state index in [-0.39, 0.29) is 0 Å². The first-order valence-corrected chi connectivity index (χ1v) is 6.70. The molecule has 0 unspecified atom stereocenters. The molecule has 4 N–H and O–H groups in total. The van der Waals surface area contributed by atoms with Gasteiger partial charge in [-0.05, 0) is 18.3 Å². The van der Waals surface area contributed by atoms with Crippen molar-refractivity contribution >= 4 is 45.3 Å². The van der Waals surface area contributed by atoms with Gasteiger partial charge in [-0.15, -0.1) is 16.8 Å². The summed E-state index contributed by atoms with van der Waals surface area (Å²) in [7, 11) is 0. The second-order valence-electron chi connectivity index (χ2n) is 4.25. The molecule has 0 aliphatic carbocycles. The molecule has 0 bridgehead atoms. The van der Waals surface area contributed by atoms with Gasteiger partial charge in [0.25, 0.3) is 5.95 Å². The summed E-state index contributed by atoms with van der Waals surface area (Å²) in [4.78, 5) is 7.55. The third kappa shape index (κ3) is 2.75. The molecule has 3 rings (SSSR count). The number of fused-ring (bicyclic) bond motifs is 3. The van der Waals surface area contributed by atoms with Crippen LogP contribution in [0, 0.1) is 0 Å². The van der Waals surface area contributed by atoms with Crippen molar-refractivity contribution < 1.29 is 0 Å². The molecule has 2 heterocycles. The molecule has 0 spiro atoms. The minimum atomic E-state index is 0.330. The van der Waals surface area contributed by atoms with Crippen LogP contribution in [-0.2, 0) is 0 Å². The molecule has 0 fully saturated rings. The molecular weight excluding hydrogens is 286 g/mol. The molecule has 106 valence electrons. The van der Waals surface area contributed by atoms with Crippen LogP contribution in [0.5, 0.6) is 0 Å². The zero-order valence-electron chi connectivity index (χ0n) is 11.1. The van der Waals surface area contributed by atoms with E-state index in [4.69, 9.17) is 12.2 Å². The van der Waals surface area contributed by atoms with Gasteiger partial charge in [-0.2, -0.15) is 4.98 Å². The van der Waals surface area contributed by atoms with Crippen LogP contribution in [0.1, 0.15) is 0 Å². The second-order valence-corrected chi connectivity index (χ2v) is 4.66. The molecule has 3 aromatic rings. The summed E-state index contributed by atoms with van der Waals surface area (Å²) in [5, 5.41) is 12.5. The molecule has 7 nitrogen and oxygen atoms in total. The number of benzene rings is 1. The van der Waals surface area contributed by atoms with Crippen LogP contribution in [0.4, 0.5) is 5.95 Å². The smallest absolute Gasteiger partial charge is 0.263 e. The number of hydrogen-bond acceptors (Lipinski definition) is 5. The Balaban J connectivity index is 1.79. The van der Waals surface area contributed by atoms with Gasteiger partial charge in [-0.3, -0.25) is 10.9 Å². The summed E-state index contributed by atoms with van der Waals surface area (Å²) in [5.41, 5.74) is 7.95. The van der Waals surface area contributed by atoms with Crippen LogP contribution >= 0.6 is 12.2 Å². The zero-order valence-corrected chi connectivity index (χ0v) is 11.9. The predicted molar refractivity (Wildman–Crippen MR) is 86.7 cm³/mol. The molecule has 21 heavy (non-hydrogen) atoms. The van der Waals surface area contributed by atoms with Crippen molar-refractivity contribution in [1.82, 2.24) is 30.9 Å². The van der Waals surface area contributed by atoms with E-state index in [1.807, 2.05) is 24.3 Å². The van der Waals surface area contributed by atoms with Crippen LogP contribution < -0.4 is 16.2 Å². The Labute approximate surface area is 125 Å². The lowest BCUT2D eigenvalue weighted by Gasteiger charge is -2.09. The number of hydrogen-bond donors (Lipinski definition) is 4. The molecule has 0 amide bonds. The van der Waals surface area contributed by atoms with Crippen molar-refractivity contribution in [2.45, 2.75) is 0 Å². The Morgan fingerprint density at radius 1 is 1.33 bits per heavy atom. The van der Waals surface area contributed by atoms with Crippen LogP contribution in [0.15, 0.2) is 36.9 Å². The van der Waals surface area contributed by atoms with Crippen LogP contribution in [0.2, 0.25) is 0 Å². The van der Waals surface area contributed by atoms with Crippen molar-refractivity contribution in [3.8, 4) is 0 Å². The first kappa shape index (κ1) is 13.3. The van der Waals surface area contributed by atoms with E-state index >= 15 is 0 Å². The predicted octanol–water partition coefficient (Wildman–Crippen LogP) is 1.48. The maximum atomic E-state index is 5.05. The van der Waals surface area contributed by atoms with Crippen LogP contribution in [0.25, 0.3) is 22.1 Å². The molecule has 1 aromatic carbocycles. The highest BCUT2D eigenvalue weighted by Crippen LogP contribution is 2.21. The molecule has 2 aromatic heterocycles. The number of para-hydroxylation sites is 1. The van der Waals surface area contributed by atoms with Crippen molar-refractivity contribution in [2.75, 3.05) is 12.0 Å². The van der Waals surface area contributed by atoms with E-state index in [0.29, 0.717) is 23.3 Å². The molecule has 0 saturated heterocycles. The molecule has 8 heteroatoms. The lowest BCUT2D eigenvalue weighted by Crippen LogP contribution is -2.39. The average Bonchev–Trinajstić information content (AvgIpc) is 2.88. The summed E-state index contributed by atoms with van der Waals surface area (Å²) in [6, 6.07) is 7.85. The van der Waals surface area contributed by atoms with E-state index in [9.17, 15) is 0 Å². The standard InChI is InChI=1S/C13H13N7S/c1-2-7-14-13(21)20-19-12-16-11-10(17-18-12)8-5-3-4-6-9(8)15-11/h2-6H,1,7H2,(H2,14,20,21)(H2,15,16,18,19). The highest BCUT2D eigenvalue weighted by molar-refractivity contribution is 7.80. The highest BCUT2D eigenvalue weighted by atomic mass is 32.1. The number of aromatic amines is 1. The summed E-state index contributed by atoms with van der Waals surface area (Å²) >= 11 is 5.05. The van der Waals surface area contributed by atoms with Gasteiger partial charge in [0.1, 0.15) is 5.52 Å². The lowest BCUT2D eigenvalue weighted by molar-refractivity contribution is 0.933. The maximum Gasteiger partial charge on any atom is 0.263 e. The largest absolute Gasteiger partial charge is 0.358 e. The Morgan fingerprint density at radius 2 is 2.19 bits per heavy atom. The van der Waals surface area contributed by atoms with Gasteiger partial charge in [0, 0.05) is 17.4 Å². The fourth-order valence-electron chi connectivity index (χ4n) is 1.90. The monoisotopic (exact) mass is 299 g/mol. The van der Waals surface area contributed by atoms with Gasteiger partial charge in [0.15, 0.2) is 10.8 Å². The van der Waals surface area contributed by atoms with Gasteiger partial charge in [-0.1, -0.05) is 24.3 Å². The summed E-state index contributed by atoms with van der Waals surface area (Å²) in [6.07, 6.45) is 1.71. The van der Waals surface area contributed by atoms with Crippen molar-refractivity contribution in [3.05, 3.63) is 36.9 Å². The quantitative estimate of drug-likeness (QED) is 0.329. The number of thiocarbonyl (C=S) groups is 1. The average molecular weight is 299 g/mol. The number of aromatic nitrogens is 4. The van der Waals surface area contributed by atoms with Gasteiger partial charge in [0.05, 0.1) is 0 Å². The maximum absolute atomic E-state index is 5.05. The normalized spacial score (nSPS) is 10.5. The lowest BCUT2D eigenvalue weighted by atomic mass is 10.2. The van der Waals surface area contributed by atoms with E-state index in [1.165, 1.54) is 0 Å². The van der Waals surface area contributed by atoms with Gasteiger partial charge < -0.3 is 10.3 Å². The highest BCUT2D eigenvalue weighted by Gasteiger charge is 2.08. The van der Waals surface area contributed by atoms with Crippen molar-refractivity contribution in [2.24, 2.45) is 0 Å². The summed E-state index contributed by atoms with van der Waals surface area (Å²) in [6.45, 7) is 4.17. The molecule has 0 aliphatic heterocycles. The van der Waals surface area contributed by atoms with Crippen LogP contribution in [-0.4, -0.2) is 31.8 Å². The number of nitrogens with one attached hydrogen (secondary N) is 4. The van der Waals surface area contributed by atoms with Crippen molar-refractivity contribution in [1.29, 1.82) is 0 Å². The van der Waals surface area contributed by atoms with E-state index < -0.39 is 0 Å². The number of H-pyrrole nitrogens is 1. The fourth-order valence-corrected chi connectivity index (χ4v) is 2.03. The Bertz CT molecular complexity index is 810. The fraction of sp³-hybridized carbons (Fsp3) is 0.0769. The van der Waals surface area contributed by atoms with Crippen molar-refractivity contribution in [3.63, 3.8) is 0 Å². The second kappa shape index (κ2) is 5.71. The molecule has 0 aliphatic rings. The van der Waals surface area contributed by atoms with E-state index in [1.54, 1.807) is 6.08 Å². The molecule has 0 saturated carbocycles. The first-order valence-electron chi connectivity index (χ1n) is 6.30. The van der Waals surface area contributed by atoms with E-state index in [2.05, 4.69) is 42.9 Å². The molecule has 0 radical (unpaired) electrons. The summed E-state index contributed by atoms with van der Waals surface area (Å²) in [5.74, 6) is 0.330. The first-order chi connectivity index (χ1) is 10.3. The van der Waals surface area contributed by atoms with Gasteiger partial charge >= 0.3 is 0 Å². The summed E-state index contributed by atoms with van der Waals surface area (Å²) < 4.78 is 0. The van der Waals surface area contributed by atoms with Crippen LogP contribution in [0.3, 0.4) is 0 Å². The van der Waals surface area contributed by atoms with Gasteiger partial charge in [0.2, 0.25) is 0 Å². The Kier molecular flexibility index (Phi) is 3.61. The molecule has 0 atom stereocenters. The Morgan fingerprint density at radius 3 is 3.05 bits per heavy atom. The minimum absolute atomic E-state index is 0.330. The third-order valence-electron chi connectivity index (χ3n) is 2.82. The Hall–Kier alpha value is -2.74. The number of hydrazine groups is 1. The SMILES string of the molecule is C=CCNC(=S)NNc1nnc2c(n1)[nH]c1ccccc12.